The second kappa shape index (κ2) is 8.89. The Kier molecular flexibility index (Phi) is 6.10. The first kappa shape index (κ1) is 18.5. The van der Waals surface area contributed by atoms with Crippen molar-refractivity contribution in [1.29, 1.82) is 0 Å². The van der Waals surface area contributed by atoms with Crippen LogP contribution in [0.25, 0.3) is 0 Å². The zero-order chi connectivity index (χ0) is 19.1. The summed E-state index contributed by atoms with van der Waals surface area (Å²) in [6, 6.07) is 17.8. The number of ether oxygens (including phenoxy) is 1. The molecule has 2 N–H and O–H groups in total. The van der Waals surface area contributed by atoms with Gasteiger partial charge in [-0.05, 0) is 56.3 Å². The standard InChI is InChI=1S/C21H25N5O/c1-4-26(5-2)18-11-9-16(10-12-18)23-20-13-14-22-21(25-20)24-17-7-6-8-19(15-17)27-3/h6-15H,4-5H2,1-3H3,(H2,22,23,24,25). The maximum Gasteiger partial charge on any atom is 0.229 e. The van der Waals surface area contributed by atoms with Crippen LogP contribution in [0.1, 0.15) is 13.8 Å². The molecule has 0 unspecified atom stereocenters. The van der Waals surface area contributed by atoms with Crippen LogP contribution in [0.4, 0.5) is 28.8 Å². The van der Waals surface area contributed by atoms with E-state index in [4.69, 9.17) is 4.74 Å². The highest BCUT2D eigenvalue weighted by molar-refractivity contribution is 5.62. The molecule has 6 nitrogen and oxygen atoms in total. The molecule has 140 valence electrons. The summed E-state index contributed by atoms with van der Waals surface area (Å²) >= 11 is 0. The van der Waals surface area contributed by atoms with Crippen LogP contribution in [-0.4, -0.2) is 30.2 Å². The number of benzene rings is 2. The molecule has 0 aliphatic carbocycles. The molecule has 0 bridgehead atoms. The van der Waals surface area contributed by atoms with E-state index in [1.165, 1.54) is 5.69 Å². The van der Waals surface area contributed by atoms with E-state index in [2.05, 4.69) is 63.6 Å². The summed E-state index contributed by atoms with van der Waals surface area (Å²) in [5.41, 5.74) is 3.07. The number of nitrogens with zero attached hydrogens (tertiary/aromatic N) is 3. The third-order valence-corrected chi connectivity index (χ3v) is 4.25. The zero-order valence-corrected chi connectivity index (χ0v) is 15.9. The van der Waals surface area contributed by atoms with Crippen LogP contribution in [0.15, 0.2) is 60.8 Å². The van der Waals surface area contributed by atoms with Crippen molar-refractivity contribution in [3.8, 4) is 5.75 Å². The van der Waals surface area contributed by atoms with Crippen molar-refractivity contribution in [2.75, 3.05) is 35.7 Å². The van der Waals surface area contributed by atoms with E-state index >= 15 is 0 Å². The van der Waals surface area contributed by atoms with Crippen LogP contribution in [0.3, 0.4) is 0 Å². The maximum atomic E-state index is 5.24. The molecule has 0 fully saturated rings. The van der Waals surface area contributed by atoms with E-state index in [0.717, 1.165) is 36.0 Å². The molecular formula is C21H25N5O. The summed E-state index contributed by atoms with van der Waals surface area (Å²) in [5.74, 6) is 2.03. The predicted octanol–water partition coefficient (Wildman–Crippen LogP) is 4.82. The Morgan fingerprint density at radius 1 is 0.926 bits per heavy atom. The Labute approximate surface area is 160 Å². The van der Waals surface area contributed by atoms with E-state index in [9.17, 15) is 0 Å². The van der Waals surface area contributed by atoms with Gasteiger partial charge in [-0.25, -0.2) is 4.98 Å². The third-order valence-electron chi connectivity index (χ3n) is 4.25. The van der Waals surface area contributed by atoms with Gasteiger partial charge in [0.1, 0.15) is 11.6 Å². The van der Waals surface area contributed by atoms with Crippen LogP contribution in [0, 0.1) is 0 Å². The molecule has 27 heavy (non-hydrogen) atoms. The van der Waals surface area contributed by atoms with Crippen LogP contribution in [0.2, 0.25) is 0 Å². The quantitative estimate of drug-likeness (QED) is 0.598. The highest BCUT2D eigenvalue weighted by Gasteiger charge is 2.04. The van der Waals surface area contributed by atoms with Gasteiger partial charge in [-0.1, -0.05) is 6.07 Å². The van der Waals surface area contributed by atoms with Crippen LogP contribution in [-0.2, 0) is 0 Å². The Balaban J connectivity index is 1.70. The molecule has 0 atom stereocenters. The fourth-order valence-electron chi connectivity index (χ4n) is 2.81. The molecule has 0 saturated heterocycles. The van der Waals surface area contributed by atoms with Gasteiger partial charge in [-0.2, -0.15) is 4.98 Å². The van der Waals surface area contributed by atoms with Crippen molar-refractivity contribution >= 4 is 28.8 Å². The predicted molar refractivity (Wildman–Crippen MR) is 112 cm³/mol. The number of aromatic nitrogens is 2. The van der Waals surface area contributed by atoms with Gasteiger partial charge in [-0.15, -0.1) is 0 Å². The molecule has 1 aromatic heterocycles. The molecule has 0 amide bonds. The highest BCUT2D eigenvalue weighted by Crippen LogP contribution is 2.22. The van der Waals surface area contributed by atoms with Crippen molar-refractivity contribution in [2.24, 2.45) is 0 Å². The number of hydrogen-bond donors (Lipinski definition) is 2. The van der Waals surface area contributed by atoms with Gasteiger partial charge < -0.3 is 20.3 Å². The lowest BCUT2D eigenvalue weighted by Gasteiger charge is -2.21. The monoisotopic (exact) mass is 363 g/mol. The highest BCUT2D eigenvalue weighted by atomic mass is 16.5. The smallest absolute Gasteiger partial charge is 0.229 e. The minimum atomic E-state index is 0.521. The average molecular weight is 363 g/mol. The Morgan fingerprint density at radius 3 is 2.41 bits per heavy atom. The second-order valence-electron chi connectivity index (χ2n) is 5.97. The molecule has 6 heteroatoms. The number of rotatable bonds is 8. The molecule has 3 aromatic rings. The number of methoxy groups -OCH3 is 1. The van der Waals surface area contributed by atoms with Crippen molar-refractivity contribution in [2.45, 2.75) is 13.8 Å². The van der Waals surface area contributed by atoms with Crippen LogP contribution >= 0.6 is 0 Å². The Bertz CT molecular complexity index is 862. The Hall–Kier alpha value is -3.28. The summed E-state index contributed by atoms with van der Waals surface area (Å²) in [4.78, 5) is 11.1. The summed E-state index contributed by atoms with van der Waals surface area (Å²) in [6.45, 7) is 6.31. The number of anilines is 5. The fraction of sp³-hybridized carbons (Fsp3) is 0.238. The van der Waals surface area contributed by atoms with Gasteiger partial charge in [0.2, 0.25) is 5.95 Å². The Morgan fingerprint density at radius 2 is 1.70 bits per heavy atom. The molecule has 0 spiro atoms. The van der Waals surface area contributed by atoms with Gasteiger partial charge in [0.25, 0.3) is 0 Å². The van der Waals surface area contributed by atoms with Gasteiger partial charge in [0.05, 0.1) is 7.11 Å². The van der Waals surface area contributed by atoms with Gasteiger partial charge in [0.15, 0.2) is 0 Å². The summed E-state index contributed by atoms with van der Waals surface area (Å²) in [7, 11) is 1.64. The van der Waals surface area contributed by atoms with Crippen molar-refractivity contribution in [1.82, 2.24) is 9.97 Å². The van der Waals surface area contributed by atoms with Crippen LogP contribution < -0.4 is 20.3 Å². The van der Waals surface area contributed by atoms with Gasteiger partial charge in [0, 0.05) is 42.4 Å². The molecule has 0 aliphatic heterocycles. The first-order valence-corrected chi connectivity index (χ1v) is 9.08. The van der Waals surface area contributed by atoms with E-state index < -0.39 is 0 Å². The normalized spacial score (nSPS) is 10.3. The minimum absolute atomic E-state index is 0.521. The average Bonchev–Trinajstić information content (AvgIpc) is 2.70. The lowest BCUT2D eigenvalue weighted by atomic mass is 10.2. The van der Waals surface area contributed by atoms with E-state index in [-0.39, 0.29) is 0 Å². The van der Waals surface area contributed by atoms with E-state index in [0.29, 0.717) is 5.95 Å². The first-order chi connectivity index (χ1) is 13.2. The molecule has 2 aromatic carbocycles. The molecule has 3 rings (SSSR count). The number of hydrogen-bond acceptors (Lipinski definition) is 6. The lowest BCUT2D eigenvalue weighted by Crippen LogP contribution is -2.21. The summed E-state index contributed by atoms with van der Waals surface area (Å²) < 4.78 is 5.24. The first-order valence-electron chi connectivity index (χ1n) is 9.08. The summed E-state index contributed by atoms with van der Waals surface area (Å²) in [6.07, 6.45) is 1.72. The molecular weight excluding hydrogens is 338 g/mol. The van der Waals surface area contributed by atoms with Crippen molar-refractivity contribution in [3.05, 3.63) is 60.8 Å². The van der Waals surface area contributed by atoms with E-state index in [1.807, 2.05) is 30.3 Å². The fourth-order valence-corrected chi connectivity index (χ4v) is 2.81. The van der Waals surface area contributed by atoms with Crippen molar-refractivity contribution < 1.29 is 4.74 Å². The second-order valence-corrected chi connectivity index (χ2v) is 5.97. The lowest BCUT2D eigenvalue weighted by molar-refractivity contribution is 0.415. The SMILES string of the molecule is CCN(CC)c1ccc(Nc2ccnc(Nc3cccc(OC)c3)n2)cc1. The molecule has 0 aliphatic rings. The van der Waals surface area contributed by atoms with Crippen molar-refractivity contribution in [3.63, 3.8) is 0 Å². The largest absolute Gasteiger partial charge is 0.497 e. The molecule has 1 heterocycles. The van der Waals surface area contributed by atoms with E-state index in [1.54, 1.807) is 13.3 Å². The minimum Gasteiger partial charge on any atom is -0.497 e. The number of nitrogens with one attached hydrogen (secondary N) is 2. The molecule has 0 saturated carbocycles. The van der Waals surface area contributed by atoms with Gasteiger partial charge >= 0.3 is 0 Å². The topological polar surface area (TPSA) is 62.3 Å². The molecule has 0 radical (unpaired) electrons. The zero-order valence-electron chi connectivity index (χ0n) is 15.9. The maximum absolute atomic E-state index is 5.24. The summed E-state index contributed by atoms with van der Waals surface area (Å²) in [5, 5.41) is 6.52. The third kappa shape index (κ3) is 4.88. The van der Waals surface area contributed by atoms with Crippen LogP contribution in [0.5, 0.6) is 5.75 Å². The van der Waals surface area contributed by atoms with Gasteiger partial charge in [-0.3, -0.25) is 0 Å².